The number of aliphatic hydroxyl groups is 1. The number of hydrogen-bond donors (Lipinski definition) is 3. The van der Waals surface area contributed by atoms with Crippen LogP contribution in [-0.4, -0.2) is 42.0 Å². The average molecular weight is 225 g/mol. The van der Waals surface area contributed by atoms with E-state index in [1.807, 2.05) is 4.72 Å². The Bertz CT molecular complexity index is 303. The quantitative estimate of drug-likeness (QED) is 0.578. The summed E-state index contributed by atoms with van der Waals surface area (Å²) in [4.78, 5) is 10.2. The number of rotatable bonds is 4. The Labute approximate surface area is 83.0 Å². The Morgan fingerprint density at radius 2 is 1.86 bits per heavy atom. The third kappa shape index (κ3) is 3.60. The van der Waals surface area contributed by atoms with Crippen molar-refractivity contribution >= 4 is 16.0 Å². The molecule has 0 unspecified atom stereocenters. The van der Waals surface area contributed by atoms with E-state index in [2.05, 4.69) is 0 Å². The second-order valence-corrected chi connectivity index (χ2v) is 6.34. The first-order chi connectivity index (χ1) is 6.08. The molecule has 0 saturated heterocycles. The van der Waals surface area contributed by atoms with Crippen molar-refractivity contribution in [3.05, 3.63) is 0 Å². The summed E-state index contributed by atoms with van der Waals surface area (Å²) in [7, 11) is -3.60. The van der Waals surface area contributed by atoms with Crippen LogP contribution in [0.4, 0.5) is 0 Å². The molecule has 0 aromatic rings. The van der Waals surface area contributed by atoms with Gasteiger partial charge < -0.3 is 10.2 Å². The molecule has 7 heteroatoms. The number of aliphatic hydroxyl groups excluding tert-OH is 1. The summed E-state index contributed by atoms with van der Waals surface area (Å²) in [5.41, 5.74) is 0. The van der Waals surface area contributed by atoms with Crippen molar-refractivity contribution in [2.24, 2.45) is 0 Å². The van der Waals surface area contributed by atoms with E-state index in [0.29, 0.717) is 0 Å². The van der Waals surface area contributed by atoms with Gasteiger partial charge >= 0.3 is 5.97 Å². The molecule has 0 amide bonds. The van der Waals surface area contributed by atoms with E-state index < -0.39 is 33.4 Å². The molecule has 0 fully saturated rings. The van der Waals surface area contributed by atoms with Crippen LogP contribution in [0.2, 0.25) is 0 Å². The third-order valence-corrected chi connectivity index (χ3v) is 3.72. The van der Waals surface area contributed by atoms with Crippen LogP contribution in [0.1, 0.15) is 20.8 Å². The van der Waals surface area contributed by atoms with E-state index in [-0.39, 0.29) is 0 Å². The molecule has 84 valence electrons. The van der Waals surface area contributed by atoms with Crippen molar-refractivity contribution in [2.75, 3.05) is 6.54 Å². The van der Waals surface area contributed by atoms with Gasteiger partial charge in [0.25, 0.3) is 0 Å². The molecule has 0 radical (unpaired) electrons. The molecule has 0 rings (SSSR count). The van der Waals surface area contributed by atoms with Crippen molar-refractivity contribution in [1.29, 1.82) is 0 Å². The van der Waals surface area contributed by atoms with Gasteiger partial charge in [0.2, 0.25) is 10.0 Å². The van der Waals surface area contributed by atoms with E-state index in [9.17, 15) is 13.2 Å². The summed E-state index contributed by atoms with van der Waals surface area (Å²) < 4.78 is 23.7. The molecule has 14 heavy (non-hydrogen) atoms. The largest absolute Gasteiger partial charge is 0.479 e. The summed E-state index contributed by atoms with van der Waals surface area (Å²) in [6.45, 7) is 3.91. The monoisotopic (exact) mass is 225 g/mol. The highest BCUT2D eigenvalue weighted by Crippen LogP contribution is 2.12. The van der Waals surface area contributed by atoms with Gasteiger partial charge in [-0.3, -0.25) is 0 Å². The van der Waals surface area contributed by atoms with Gasteiger partial charge in [-0.15, -0.1) is 0 Å². The van der Waals surface area contributed by atoms with Crippen molar-refractivity contribution in [1.82, 2.24) is 4.72 Å². The van der Waals surface area contributed by atoms with Crippen molar-refractivity contribution in [3.8, 4) is 0 Å². The van der Waals surface area contributed by atoms with Gasteiger partial charge in [0.1, 0.15) is 0 Å². The fourth-order valence-corrected chi connectivity index (χ4v) is 1.30. The minimum atomic E-state index is -3.60. The van der Waals surface area contributed by atoms with Crippen LogP contribution in [0.3, 0.4) is 0 Å². The molecule has 1 atom stereocenters. The summed E-state index contributed by atoms with van der Waals surface area (Å²) in [6.07, 6.45) is -1.72. The Morgan fingerprint density at radius 3 is 2.14 bits per heavy atom. The molecule has 0 spiro atoms. The molecule has 0 aromatic heterocycles. The van der Waals surface area contributed by atoms with E-state index in [0.717, 1.165) is 0 Å². The van der Waals surface area contributed by atoms with E-state index >= 15 is 0 Å². The Balaban J connectivity index is 4.36. The number of hydrogen-bond acceptors (Lipinski definition) is 4. The van der Waals surface area contributed by atoms with E-state index in [1.165, 1.54) is 20.8 Å². The standard InChI is InChI=1S/C7H15NO5S/c1-7(2,3)14(12,13)8-4-5(9)6(10)11/h5,8-9H,4H2,1-3H3,(H,10,11)/t5-/m0/s1. The molecule has 6 nitrogen and oxygen atoms in total. The van der Waals surface area contributed by atoms with Crippen LogP contribution in [0.15, 0.2) is 0 Å². The van der Waals surface area contributed by atoms with Gasteiger partial charge in [0, 0.05) is 6.54 Å². The lowest BCUT2D eigenvalue weighted by Gasteiger charge is -2.20. The van der Waals surface area contributed by atoms with Crippen LogP contribution >= 0.6 is 0 Å². The van der Waals surface area contributed by atoms with Crippen LogP contribution < -0.4 is 4.72 Å². The van der Waals surface area contributed by atoms with Crippen LogP contribution in [0.5, 0.6) is 0 Å². The lowest BCUT2D eigenvalue weighted by atomic mass is 10.3. The number of sulfonamides is 1. The Hall–Kier alpha value is -0.660. The molecule has 0 aromatic carbocycles. The minimum absolute atomic E-state index is 0.519. The van der Waals surface area contributed by atoms with Gasteiger partial charge in [-0.2, -0.15) is 0 Å². The van der Waals surface area contributed by atoms with Crippen molar-refractivity contribution in [3.63, 3.8) is 0 Å². The lowest BCUT2D eigenvalue weighted by Crippen LogP contribution is -2.44. The summed E-state index contributed by atoms with van der Waals surface area (Å²) in [5.74, 6) is -1.46. The molecule has 3 N–H and O–H groups in total. The highest BCUT2D eigenvalue weighted by Gasteiger charge is 2.29. The van der Waals surface area contributed by atoms with Gasteiger partial charge in [-0.1, -0.05) is 0 Å². The first-order valence-corrected chi connectivity index (χ1v) is 5.46. The highest BCUT2D eigenvalue weighted by atomic mass is 32.2. The molecule has 0 heterocycles. The Kier molecular flexibility index (Phi) is 4.04. The minimum Gasteiger partial charge on any atom is -0.479 e. The molecule has 0 aliphatic rings. The maximum atomic E-state index is 11.4. The fourth-order valence-electron chi connectivity index (χ4n) is 0.492. The summed E-state index contributed by atoms with van der Waals surface area (Å²) in [5, 5.41) is 17.1. The second-order valence-electron chi connectivity index (χ2n) is 3.82. The molecular weight excluding hydrogens is 210 g/mol. The van der Waals surface area contributed by atoms with Crippen molar-refractivity contribution < 1.29 is 23.4 Å². The molecule has 0 saturated carbocycles. The van der Waals surface area contributed by atoms with Crippen LogP contribution in [-0.2, 0) is 14.8 Å². The van der Waals surface area contributed by atoms with E-state index in [4.69, 9.17) is 10.2 Å². The third-order valence-electron chi connectivity index (χ3n) is 1.56. The number of carbonyl (C=O) groups is 1. The number of aliphatic carboxylic acids is 1. The zero-order chi connectivity index (χ0) is 11.6. The Morgan fingerprint density at radius 1 is 1.43 bits per heavy atom. The van der Waals surface area contributed by atoms with Gasteiger partial charge in [0.15, 0.2) is 6.10 Å². The SMILES string of the molecule is CC(C)(C)S(=O)(=O)NC[C@H](O)C(=O)O. The average Bonchev–Trinajstić information content (AvgIpc) is 1.97. The molecular formula is C7H15NO5S. The topological polar surface area (TPSA) is 104 Å². The maximum Gasteiger partial charge on any atom is 0.333 e. The predicted octanol–water partition coefficient (Wildman–Crippen LogP) is -0.850. The first-order valence-electron chi connectivity index (χ1n) is 3.98. The predicted molar refractivity (Wildman–Crippen MR) is 50.3 cm³/mol. The first kappa shape index (κ1) is 13.3. The molecule has 0 bridgehead atoms. The number of carboxylic acids is 1. The molecule has 0 aliphatic carbocycles. The number of carboxylic acid groups (broad SMARTS) is 1. The highest BCUT2D eigenvalue weighted by molar-refractivity contribution is 7.90. The van der Waals surface area contributed by atoms with Gasteiger partial charge in [-0.25, -0.2) is 17.9 Å². The van der Waals surface area contributed by atoms with Crippen molar-refractivity contribution in [2.45, 2.75) is 31.6 Å². The maximum absolute atomic E-state index is 11.4. The fraction of sp³-hybridized carbons (Fsp3) is 0.857. The van der Waals surface area contributed by atoms with Gasteiger partial charge in [0.05, 0.1) is 4.75 Å². The smallest absolute Gasteiger partial charge is 0.333 e. The summed E-state index contributed by atoms with van der Waals surface area (Å²) in [6, 6.07) is 0. The zero-order valence-electron chi connectivity index (χ0n) is 8.31. The number of nitrogens with one attached hydrogen (secondary N) is 1. The molecule has 0 aliphatic heterocycles. The zero-order valence-corrected chi connectivity index (χ0v) is 9.13. The van der Waals surface area contributed by atoms with Crippen LogP contribution in [0, 0.1) is 0 Å². The lowest BCUT2D eigenvalue weighted by molar-refractivity contribution is -0.146. The van der Waals surface area contributed by atoms with Crippen LogP contribution in [0.25, 0.3) is 0 Å². The van der Waals surface area contributed by atoms with Gasteiger partial charge in [-0.05, 0) is 20.8 Å². The summed E-state index contributed by atoms with van der Waals surface area (Å²) >= 11 is 0. The second kappa shape index (κ2) is 4.24. The normalized spacial score (nSPS) is 15.1. The van der Waals surface area contributed by atoms with E-state index in [1.54, 1.807) is 0 Å².